The second kappa shape index (κ2) is 5.34. The summed E-state index contributed by atoms with van der Waals surface area (Å²) in [5.41, 5.74) is 2.15. The highest BCUT2D eigenvalue weighted by Gasteiger charge is 2.08. The number of halogens is 1. The number of hydrogen-bond donors (Lipinski definition) is 1. The van der Waals surface area contributed by atoms with E-state index < -0.39 is 0 Å². The van der Waals surface area contributed by atoms with Crippen molar-refractivity contribution in [1.29, 1.82) is 0 Å². The summed E-state index contributed by atoms with van der Waals surface area (Å²) in [4.78, 5) is 0. The van der Waals surface area contributed by atoms with Crippen molar-refractivity contribution in [3.63, 3.8) is 0 Å². The van der Waals surface area contributed by atoms with E-state index in [0.29, 0.717) is 0 Å². The molecule has 0 aliphatic heterocycles. The van der Waals surface area contributed by atoms with E-state index in [1.54, 1.807) is 4.68 Å². The number of benzene rings is 1. The second-order valence-corrected chi connectivity index (χ2v) is 4.51. The third-order valence-corrected chi connectivity index (χ3v) is 3.07. The van der Waals surface area contributed by atoms with Crippen molar-refractivity contribution >= 4 is 11.6 Å². The van der Waals surface area contributed by atoms with Gasteiger partial charge in [-0.25, -0.2) is 0 Å². The molecular weight excluding hydrogens is 234 g/mol. The Hall–Kier alpha value is -1.32. The monoisotopic (exact) mass is 249 g/mol. The number of nitrogens with one attached hydrogen (secondary N) is 1. The zero-order chi connectivity index (χ0) is 12.3. The molecule has 0 radical (unpaired) electrons. The van der Waals surface area contributed by atoms with Crippen molar-refractivity contribution in [2.75, 3.05) is 0 Å². The highest BCUT2D eigenvalue weighted by Crippen LogP contribution is 2.22. The minimum atomic E-state index is 0.214. The van der Waals surface area contributed by atoms with Crippen molar-refractivity contribution in [1.82, 2.24) is 15.1 Å². The summed E-state index contributed by atoms with van der Waals surface area (Å²) in [7, 11) is 1.92. The summed E-state index contributed by atoms with van der Waals surface area (Å²) in [5.74, 6) is 0. The highest BCUT2D eigenvalue weighted by molar-refractivity contribution is 6.31. The van der Waals surface area contributed by atoms with Crippen molar-refractivity contribution in [2.24, 2.45) is 7.05 Å². The molecule has 2 rings (SSSR count). The molecule has 1 heterocycles. The van der Waals surface area contributed by atoms with Crippen LogP contribution in [0.25, 0.3) is 0 Å². The first-order chi connectivity index (χ1) is 8.16. The van der Waals surface area contributed by atoms with Gasteiger partial charge < -0.3 is 5.32 Å². The summed E-state index contributed by atoms with van der Waals surface area (Å²) in [6, 6.07) is 10.1. The zero-order valence-electron chi connectivity index (χ0n) is 10.0. The molecule has 3 nitrogen and oxygen atoms in total. The molecule has 0 aliphatic carbocycles. The van der Waals surface area contributed by atoms with Gasteiger partial charge >= 0.3 is 0 Å². The minimum absolute atomic E-state index is 0.214. The van der Waals surface area contributed by atoms with Gasteiger partial charge in [0.2, 0.25) is 0 Å². The summed E-state index contributed by atoms with van der Waals surface area (Å²) >= 11 is 6.15. The van der Waals surface area contributed by atoms with Crippen LogP contribution < -0.4 is 5.32 Å². The fourth-order valence-corrected chi connectivity index (χ4v) is 2.05. The van der Waals surface area contributed by atoms with Gasteiger partial charge in [-0.05, 0) is 24.6 Å². The molecule has 0 aliphatic rings. The third-order valence-electron chi connectivity index (χ3n) is 2.73. The van der Waals surface area contributed by atoms with E-state index in [4.69, 9.17) is 11.6 Å². The van der Waals surface area contributed by atoms with E-state index in [1.807, 2.05) is 43.6 Å². The van der Waals surface area contributed by atoms with E-state index in [9.17, 15) is 0 Å². The lowest BCUT2D eigenvalue weighted by molar-refractivity contribution is 0.562. The van der Waals surface area contributed by atoms with Gasteiger partial charge in [-0.2, -0.15) is 5.10 Å². The first-order valence-corrected chi connectivity index (χ1v) is 6.01. The Bertz CT molecular complexity index is 493. The Balaban J connectivity index is 1.98. The second-order valence-electron chi connectivity index (χ2n) is 4.10. The van der Waals surface area contributed by atoms with Gasteiger partial charge in [-0.3, -0.25) is 4.68 Å². The molecule has 0 bridgehead atoms. The normalized spacial score (nSPS) is 12.6. The molecule has 0 spiro atoms. The van der Waals surface area contributed by atoms with Crippen LogP contribution in [-0.4, -0.2) is 9.78 Å². The number of aromatic nitrogens is 2. The first kappa shape index (κ1) is 12.1. The predicted molar refractivity (Wildman–Crippen MR) is 69.9 cm³/mol. The Kier molecular flexibility index (Phi) is 3.82. The largest absolute Gasteiger partial charge is 0.304 e. The maximum absolute atomic E-state index is 6.15. The first-order valence-electron chi connectivity index (χ1n) is 5.63. The van der Waals surface area contributed by atoms with E-state index in [0.717, 1.165) is 22.8 Å². The van der Waals surface area contributed by atoms with Gasteiger partial charge in [-0.15, -0.1) is 0 Å². The molecule has 0 saturated carbocycles. The summed E-state index contributed by atoms with van der Waals surface area (Å²) in [6.45, 7) is 2.84. The van der Waals surface area contributed by atoms with Crippen LogP contribution in [0, 0.1) is 0 Å². The van der Waals surface area contributed by atoms with E-state index in [2.05, 4.69) is 17.3 Å². The molecule has 1 aromatic heterocycles. The average Bonchev–Trinajstić information content (AvgIpc) is 2.73. The van der Waals surface area contributed by atoms with Crippen molar-refractivity contribution in [3.8, 4) is 0 Å². The Morgan fingerprint density at radius 3 is 2.76 bits per heavy atom. The quantitative estimate of drug-likeness (QED) is 0.903. The number of aryl methyl sites for hydroxylation is 1. The van der Waals surface area contributed by atoms with Crippen LogP contribution in [0.15, 0.2) is 36.5 Å². The number of rotatable bonds is 4. The van der Waals surface area contributed by atoms with Crippen LogP contribution in [-0.2, 0) is 13.6 Å². The van der Waals surface area contributed by atoms with E-state index in [1.165, 1.54) is 0 Å². The van der Waals surface area contributed by atoms with Gasteiger partial charge in [0.25, 0.3) is 0 Å². The van der Waals surface area contributed by atoms with Crippen LogP contribution in [0.2, 0.25) is 5.02 Å². The standard InChI is InChI=1S/C13H16ClN3/c1-10(12-5-3-4-6-13(12)14)15-9-11-7-8-17(2)16-11/h3-8,10,15H,9H2,1-2H3/t10-/m1/s1. The fraction of sp³-hybridized carbons (Fsp3) is 0.308. The van der Waals surface area contributed by atoms with Crippen LogP contribution in [0.5, 0.6) is 0 Å². The molecule has 1 atom stereocenters. The lowest BCUT2D eigenvalue weighted by Crippen LogP contribution is -2.18. The van der Waals surface area contributed by atoms with Gasteiger partial charge in [0.15, 0.2) is 0 Å². The lowest BCUT2D eigenvalue weighted by atomic mass is 10.1. The number of hydrogen-bond acceptors (Lipinski definition) is 2. The van der Waals surface area contributed by atoms with Gasteiger partial charge in [-0.1, -0.05) is 29.8 Å². The molecule has 1 N–H and O–H groups in total. The van der Waals surface area contributed by atoms with Crippen LogP contribution in [0.3, 0.4) is 0 Å². The van der Waals surface area contributed by atoms with Crippen molar-refractivity contribution < 1.29 is 0 Å². The molecule has 4 heteroatoms. The number of nitrogens with zero attached hydrogens (tertiary/aromatic N) is 2. The Morgan fingerprint density at radius 1 is 1.35 bits per heavy atom. The summed E-state index contributed by atoms with van der Waals surface area (Å²) < 4.78 is 1.80. The minimum Gasteiger partial charge on any atom is -0.304 e. The topological polar surface area (TPSA) is 29.9 Å². The SMILES string of the molecule is C[C@@H](NCc1ccn(C)n1)c1ccccc1Cl. The Morgan fingerprint density at radius 2 is 2.12 bits per heavy atom. The average molecular weight is 250 g/mol. The molecule has 90 valence electrons. The zero-order valence-corrected chi connectivity index (χ0v) is 10.8. The van der Waals surface area contributed by atoms with Crippen LogP contribution in [0.4, 0.5) is 0 Å². The van der Waals surface area contributed by atoms with Gasteiger partial charge in [0.05, 0.1) is 5.69 Å². The molecule has 0 amide bonds. The molecule has 0 fully saturated rings. The molecular formula is C13H16ClN3. The fourth-order valence-electron chi connectivity index (χ4n) is 1.75. The molecule has 17 heavy (non-hydrogen) atoms. The summed E-state index contributed by atoms with van der Waals surface area (Å²) in [5, 5.41) is 8.53. The van der Waals surface area contributed by atoms with E-state index in [-0.39, 0.29) is 6.04 Å². The smallest absolute Gasteiger partial charge is 0.0762 e. The Labute approximate surface area is 106 Å². The maximum Gasteiger partial charge on any atom is 0.0762 e. The van der Waals surface area contributed by atoms with Crippen LogP contribution in [0.1, 0.15) is 24.2 Å². The lowest BCUT2D eigenvalue weighted by Gasteiger charge is -2.14. The third kappa shape index (κ3) is 3.08. The van der Waals surface area contributed by atoms with Crippen LogP contribution >= 0.6 is 11.6 Å². The predicted octanol–water partition coefficient (Wildman–Crippen LogP) is 2.92. The maximum atomic E-state index is 6.15. The molecule has 1 aromatic carbocycles. The molecule has 0 unspecified atom stereocenters. The van der Waals surface area contributed by atoms with Crippen molar-refractivity contribution in [2.45, 2.75) is 19.5 Å². The van der Waals surface area contributed by atoms with Gasteiger partial charge in [0.1, 0.15) is 0 Å². The van der Waals surface area contributed by atoms with E-state index >= 15 is 0 Å². The molecule has 0 saturated heterocycles. The highest BCUT2D eigenvalue weighted by atomic mass is 35.5. The van der Waals surface area contributed by atoms with Crippen molar-refractivity contribution in [3.05, 3.63) is 52.8 Å². The molecule has 2 aromatic rings. The summed E-state index contributed by atoms with van der Waals surface area (Å²) in [6.07, 6.45) is 1.94. The van der Waals surface area contributed by atoms with Gasteiger partial charge in [0, 0.05) is 30.9 Å².